The van der Waals surface area contributed by atoms with Crippen molar-refractivity contribution in [1.29, 1.82) is 5.26 Å². The van der Waals surface area contributed by atoms with Crippen LogP contribution in [0.4, 0.5) is 10.1 Å². The van der Waals surface area contributed by atoms with Crippen molar-refractivity contribution < 1.29 is 9.18 Å². The molecule has 23 heavy (non-hydrogen) atoms. The van der Waals surface area contributed by atoms with Crippen LogP contribution in [0.25, 0.3) is 6.08 Å². The molecule has 2 aromatic rings. The van der Waals surface area contributed by atoms with E-state index in [9.17, 15) is 9.18 Å². The molecule has 0 heterocycles. The second kappa shape index (κ2) is 7.70. The summed E-state index contributed by atoms with van der Waals surface area (Å²) < 4.78 is 14.4. The highest BCUT2D eigenvalue weighted by molar-refractivity contribution is 9.10. The number of rotatable bonds is 4. The Morgan fingerprint density at radius 2 is 2.00 bits per heavy atom. The van der Waals surface area contributed by atoms with Crippen LogP contribution in [-0.4, -0.2) is 5.91 Å². The first kappa shape index (κ1) is 16.9. The molecule has 0 saturated heterocycles. The molecule has 0 aromatic heterocycles. The van der Waals surface area contributed by atoms with Gasteiger partial charge in [0, 0.05) is 15.7 Å². The third-order valence-electron chi connectivity index (χ3n) is 3.24. The minimum Gasteiger partial charge on any atom is -0.321 e. The smallest absolute Gasteiger partial charge is 0.266 e. The minimum absolute atomic E-state index is 0.165. The standard InChI is InChI=1S/C18H14BrFN2O/c1-2-12-3-6-16(7-4-12)22-18(23)14(11-21)9-13-10-15(19)5-8-17(13)20/h3-10H,2H2,1H3,(H,22,23)/b14-9+. The number of hydrogen-bond acceptors (Lipinski definition) is 2. The Balaban J connectivity index is 2.22. The topological polar surface area (TPSA) is 52.9 Å². The average molecular weight is 373 g/mol. The molecule has 1 amide bonds. The lowest BCUT2D eigenvalue weighted by atomic mass is 10.1. The number of nitrogens with one attached hydrogen (secondary N) is 1. The van der Waals surface area contributed by atoms with E-state index in [-0.39, 0.29) is 11.1 Å². The summed E-state index contributed by atoms with van der Waals surface area (Å²) in [6.07, 6.45) is 2.13. The highest BCUT2D eigenvalue weighted by Gasteiger charge is 2.11. The number of aryl methyl sites for hydroxylation is 1. The average Bonchev–Trinajstić information content (AvgIpc) is 2.56. The number of nitrogens with zero attached hydrogens (tertiary/aromatic N) is 1. The maximum Gasteiger partial charge on any atom is 0.266 e. The van der Waals surface area contributed by atoms with Crippen LogP contribution >= 0.6 is 15.9 Å². The molecule has 116 valence electrons. The van der Waals surface area contributed by atoms with Gasteiger partial charge in [-0.15, -0.1) is 0 Å². The van der Waals surface area contributed by atoms with Crippen molar-refractivity contribution in [2.24, 2.45) is 0 Å². The molecular formula is C18H14BrFN2O. The second-order valence-electron chi connectivity index (χ2n) is 4.84. The van der Waals surface area contributed by atoms with E-state index in [4.69, 9.17) is 5.26 Å². The summed E-state index contributed by atoms with van der Waals surface area (Å²) in [4.78, 5) is 12.2. The molecule has 0 atom stereocenters. The number of anilines is 1. The minimum atomic E-state index is -0.573. The highest BCUT2D eigenvalue weighted by atomic mass is 79.9. The molecule has 5 heteroatoms. The molecule has 0 aliphatic rings. The zero-order valence-corrected chi connectivity index (χ0v) is 14.0. The highest BCUT2D eigenvalue weighted by Crippen LogP contribution is 2.19. The van der Waals surface area contributed by atoms with Gasteiger partial charge in [-0.1, -0.05) is 35.0 Å². The lowest BCUT2D eigenvalue weighted by molar-refractivity contribution is -0.112. The molecule has 0 aliphatic carbocycles. The number of amides is 1. The van der Waals surface area contributed by atoms with E-state index < -0.39 is 11.7 Å². The molecule has 0 aliphatic heterocycles. The van der Waals surface area contributed by atoms with Gasteiger partial charge in [0.05, 0.1) is 0 Å². The second-order valence-corrected chi connectivity index (χ2v) is 5.76. The van der Waals surface area contributed by atoms with Crippen LogP contribution in [0.2, 0.25) is 0 Å². The molecule has 3 nitrogen and oxygen atoms in total. The van der Waals surface area contributed by atoms with Crippen LogP contribution in [0.3, 0.4) is 0 Å². The fourth-order valence-electron chi connectivity index (χ4n) is 1.95. The number of halogens is 2. The Kier molecular flexibility index (Phi) is 5.67. The van der Waals surface area contributed by atoms with E-state index >= 15 is 0 Å². The van der Waals surface area contributed by atoms with Gasteiger partial charge >= 0.3 is 0 Å². The third-order valence-corrected chi connectivity index (χ3v) is 3.74. The first-order chi connectivity index (χ1) is 11.0. The lowest BCUT2D eigenvalue weighted by Gasteiger charge is -2.06. The van der Waals surface area contributed by atoms with Crippen molar-refractivity contribution in [1.82, 2.24) is 0 Å². The summed E-state index contributed by atoms with van der Waals surface area (Å²) in [6.45, 7) is 2.04. The van der Waals surface area contributed by atoms with E-state index in [0.717, 1.165) is 12.0 Å². The van der Waals surface area contributed by atoms with E-state index in [1.165, 1.54) is 18.2 Å². The van der Waals surface area contributed by atoms with E-state index in [1.54, 1.807) is 24.3 Å². The summed E-state index contributed by atoms with van der Waals surface area (Å²) in [5.74, 6) is -1.07. The summed E-state index contributed by atoms with van der Waals surface area (Å²) in [6, 6.07) is 13.5. The molecule has 0 unspecified atom stereocenters. The van der Waals surface area contributed by atoms with Gasteiger partial charge in [0.25, 0.3) is 5.91 Å². The summed E-state index contributed by atoms with van der Waals surface area (Å²) in [5.41, 5.74) is 1.74. The van der Waals surface area contributed by atoms with E-state index in [2.05, 4.69) is 21.2 Å². The largest absolute Gasteiger partial charge is 0.321 e. The van der Waals surface area contributed by atoms with Crippen LogP contribution < -0.4 is 5.32 Å². The summed E-state index contributed by atoms with van der Waals surface area (Å²) in [5, 5.41) is 11.8. The monoisotopic (exact) mass is 372 g/mol. The first-order valence-corrected chi connectivity index (χ1v) is 7.80. The van der Waals surface area contributed by atoms with Gasteiger partial charge in [-0.25, -0.2) is 4.39 Å². The summed E-state index contributed by atoms with van der Waals surface area (Å²) in [7, 11) is 0. The zero-order valence-electron chi connectivity index (χ0n) is 12.4. The van der Waals surface area contributed by atoms with Gasteiger partial charge in [-0.3, -0.25) is 4.79 Å². The third kappa shape index (κ3) is 4.51. The Morgan fingerprint density at radius 3 is 2.61 bits per heavy atom. The Hall–Kier alpha value is -2.45. The molecule has 1 N–H and O–H groups in total. The van der Waals surface area contributed by atoms with Gasteiger partial charge in [0.1, 0.15) is 17.5 Å². The molecular weight excluding hydrogens is 359 g/mol. The summed E-state index contributed by atoms with van der Waals surface area (Å²) >= 11 is 3.23. The Morgan fingerprint density at radius 1 is 1.30 bits per heavy atom. The molecule has 0 bridgehead atoms. The fraction of sp³-hybridized carbons (Fsp3) is 0.111. The SMILES string of the molecule is CCc1ccc(NC(=O)/C(C#N)=C/c2cc(Br)ccc2F)cc1. The number of carbonyl (C=O) groups excluding carboxylic acids is 1. The van der Waals surface area contributed by atoms with Crippen LogP contribution in [0.1, 0.15) is 18.1 Å². The zero-order chi connectivity index (χ0) is 16.8. The molecule has 2 aromatic carbocycles. The molecule has 2 rings (SSSR count). The van der Waals surface area contributed by atoms with Gasteiger partial charge in [-0.2, -0.15) is 5.26 Å². The van der Waals surface area contributed by atoms with E-state index in [1.807, 2.05) is 19.1 Å². The molecule has 0 radical (unpaired) electrons. The van der Waals surface area contributed by atoms with Crippen molar-refractivity contribution in [2.75, 3.05) is 5.32 Å². The number of carbonyl (C=O) groups is 1. The molecule has 0 spiro atoms. The van der Waals surface area contributed by atoms with Gasteiger partial charge < -0.3 is 5.32 Å². The lowest BCUT2D eigenvalue weighted by Crippen LogP contribution is -2.13. The number of hydrogen-bond donors (Lipinski definition) is 1. The normalized spacial score (nSPS) is 11.0. The van der Waals surface area contributed by atoms with Crippen LogP contribution in [-0.2, 0) is 11.2 Å². The number of nitriles is 1. The quantitative estimate of drug-likeness (QED) is 0.624. The predicted octanol–water partition coefficient (Wildman–Crippen LogP) is 4.70. The number of benzene rings is 2. The van der Waals surface area contributed by atoms with Gasteiger partial charge in [0.15, 0.2) is 0 Å². The Labute approximate surface area is 142 Å². The van der Waals surface area contributed by atoms with Crippen molar-refractivity contribution in [3.8, 4) is 6.07 Å². The van der Waals surface area contributed by atoms with Crippen LogP contribution in [0.15, 0.2) is 52.5 Å². The van der Waals surface area contributed by atoms with Crippen LogP contribution in [0.5, 0.6) is 0 Å². The van der Waals surface area contributed by atoms with Crippen molar-refractivity contribution in [3.05, 3.63) is 69.5 Å². The van der Waals surface area contributed by atoms with Crippen molar-refractivity contribution in [2.45, 2.75) is 13.3 Å². The molecule has 0 saturated carbocycles. The first-order valence-electron chi connectivity index (χ1n) is 7.00. The van der Waals surface area contributed by atoms with Crippen molar-refractivity contribution >= 4 is 33.6 Å². The predicted molar refractivity (Wildman–Crippen MR) is 92.1 cm³/mol. The van der Waals surface area contributed by atoms with Gasteiger partial charge in [-0.05, 0) is 48.4 Å². The maximum absolute atomic E-state index is 13.7. The maximum atomic E-state index is 13.7. The Bertz CT molecular complexity index is 792. The van der Waals surface area contributed by atoms with Crippen LogP contribution in [0, 0.1) is 17.1 Å². The van der Waals surface area contributed by atoms with Crippen molar-refractivity contribution in [3.63, 3.8) is 0 Å². The fourth-order valence-corrected chi connectivity index (χ4v) is 2.33. The van der Waals surface area contributed by atoms with Gasteiger partial charge in [0.2, 0.25) is 0 Å². The van der Waals surface area contributed by atoms with E-state index in [0.29, 0.717) is 10.2 Å². The molecule has 0 fully saturated rings.